The number of piperazine rings is 1. The Bertz CT molecular complexity index is 752. The van der Waals surface area contributed by atoms with E-state index in [-0.39, 0.29) is 11.4 Å². The Morgan fingerprint density at radius 2 is 1.57 bits per heavy atom. The molecule has 156 valence electrons. The molecule has 0 spiro atoms. The first-order chi connectivity index (χ1) is 13.4. The van der Waals surface area contributed by atoms with Gasteiger partial charge in [0.05, 0.1) is 11.4 Å². The van der Waals surface area contributed by atoms with E-state index in [2.05, 4.69) is 9.80 Å². The summed E-state index contributed by atoms with van der Waals surface area (Å²) in [5, 5.41) is 0. The van der Waals surface area contributed by atoms with Crippen molar-refractivity contribution in [3.63, 3.8) is 0 Å². The Labute approximate surface area is 168 Å². The maximum Gasteiger partial charge on any atom is 0.334 e. The molecule has 0 aromatic heterocycles. The van der Waals surface area contributed by atoms with Crippen molar-refractivity contribution in [2.24, 2.45) is 0 Å². The number of carbonyl (C=O) groups excluding carboxylic acids is 1. The predicted octanol–water partition coefficient (Wildman–Crippen LogP) is 1.84. The molecular formula is C20H32N4O3S. The largest absolute Gasteiger partial charge is 0.334 e. The van der Waals surface area contributed by atoms with Gasteiger partial charge in [-0.05, 0) is 52.0 Å². The molecule has 28 heavy (non-hydrogen) atoms. The number of urea groups is 1. The molecule has 2 fully saturated rings. The quantitative estimate of drug-likeness (QED) is 0.744. The van der Waals surface area contributed by atoms with Crippen molar-refractivity contribution in [1.29, 1.82) is 0 Å². The number of nitrogens with zero attached hydrogens (tertiary/aromatic N) is 4. The maximum absolute atomic E-state index is 13.3. The summed E-state index contributed by atoms with van der Waals surface area (Å²) in [6.45, 7) is 7.28. The molecule has 0 aliphatic carbocycles. The summed E-state index contributed by atoms with van der Waals surface area (Å²) in [5.74, 6) is 0. The second-order valence-electron chi connectivity index (χ2n) is 7.87. The number of likely N-dealkylation sites (N-methyl/N-ethyl adjacent to an activating group) is 1. The fourth-order valence-corrected chi connectivity index (χ4v) is 5.10. The van der Waals surface area contributed by atoms with Crippen molar-refractivity contribution < 1.29 is 13.2 Å². The van der Waals surface area contributed by atoms with E-state index < -0.39 is 16.1 Å². The molecule has 7 nitrogen and oxygen atoms in total. The third-order valence-corrected chi connectivity index (χ3v) is 7.45. The van der Waals surface area contributed by atoms with Crippen LogP contribution in [0.5, 0.6) is 0 Å². The molecule has 0 N–H and O–H groups in total. The molecule has 0 bridgehead atoms. The molecule has 1 aromatic rings. The average Bonchev–Trinajstić information content (AvgIpc) is 2.69. The van der Waals surface area contributed by atoms with Crippen molar-refractivity contribution in [3.8, 4) is 0 Å². The fourth-order valence-electron chi connectivity index (χ4n) is 3.73. The van der Waals surface area contributed by atoms with E-state index in [0.717, 1.165) is 48.9 Å². The van der Waals surface area contributed by atoms with E-state index in [1.54, 1.807) is 29.2 Å². The smallest absolute Gasteiger partial charge is 0.321 e. The van der Waals surface area contributed by atoms with Crippen molar-refractivity contribution in [2.45, 2.75) is 31.1 Å². The van der Waals surface area contributed by atoms with Gasteiger partial charge in [-0.25, -0.2) is 17.5 Å². The lowest BCUT2D eigenvalue weighted by Crippen LogP contribution is -2.54. The lowest BCUT2D eigenvalue weighted by Gasteiger charge is -2.36. The fraction of sp³-hybridized carbons (Fsp3) is 0.650. The van der Waals surface area contributed by atoms with Crippen LogP contribution in [0.15, 0.2) is 29.2 Å². The molecule has 2 heterocycles. The monoisotopic (exact) mass is 408 g/mol. The average molecular weight is 409 g/mol. The van der Waals surface area contributed by atoms with Crippen molar-refractivity contribution in [3.05, 3.63) is 29.8 Å². The molecule has 0 atom stereocenters. The summed E-state index contributed by atoms with van der Waals surface area (Å²) in [5.41, 5.74) is 0.990. The Morgan fingerprint density at radius 3 is 2.18 bits per heavy atom. The first-order valence-corrected chi connectivity index (χ1v) is 11.6. The highest BCUT2D eigenvalue weighted by Crippen LogP contribution is 2.19. The lowest BCUT2D eigenvalue weighted by atomic mass is 10.1. The van der Waals surface area contributed by atoms with E-state index in [0.29, 0.717) is 19.6 Å². The Balaban J connectivity index is 1.80. The number of hydrogen-bond acceptors (Lipinski definition) is 5. The second kappa shape index (κ2) is 9.24. The van der Waals surface area contributed by atoms with Gasteiger partial charge in [0, 0.05) is 32.7 Å². The predicted molar refractivity (Wildman–Crippen MR) is 110 cm³/mol. The minimum Gasteiger partial charge on any atom is -0.321 e. The number of carbonyl (C=O) groups is 1. The molecular weight excluding hydrogens is 376 g/mol. The van der Waals surface area contributed by atoms with Crippen LogP contribution in [0.2, 0.25) is 0 Å². The van der Waals surface area contributed by atoms with Crippen LogP contribution in [0.3, 0.4) is 0 Å². The van der Waals surface area contributed by atoms with E-state index in [1.807, 2.05) is 14.0 Å². The Kier molecular flexibility index (Phi) is 6.95. The molecule has 8 heteroatoms. The topological polar surface area (TPSA) is 64.2 Å². The van der Waals surface area contributed by atoms with Gasteiger partial charge >= 0.3 is 6.03 Å². The number of piperidine rings is 1. The zero-order valence-electron chi connectivity index (χ0n) is 17.0. The molecule has 0 saturated carbocycles. The summed E-state index contributed by atoms with van der Waals surface area (Å²) in [4.78, 5) is 19.5. The third-order valence-electron chi connectivity index (χ3n) is 5.66. The number of sulfonamides is 1. The molecule has 0 radical (unpaired) electrons. The minimum absolute atomic E-state index is 0.180. The van der Waals surface area contributed by atoms with Crippen LogP contribution in [0.1, 0.15) is 24.8 Å². The van der Waals surface area contributed by atoms with E-state index >= 15 is 0 Å². The van der Waals surface area contributed by atoms with Crippen molar-refractivity contribution >= 4 is 16.1 Å². The van der Waals surface area contributed by atoms with E-state index in [4.69, 9.17) is 0 Å². The van der Waals surface area contributed by atoms with Gasteiger partial charge in [0.25, 0.3) is 10.0 Å². The highest BCUT2D eigenvalue weighted by atomic mass is 32.2. The lowest BCUT2D eigenvalue weighted by molar-refractivity contribution is 0.135. The second-order valence-corrected chi connectivity index (χ2v) is 9.73. The number of amides is 2. The molecule has 1 aromatic carbocycles. The highest BCUT2D eigenvalue weighted by molar-refractivity contribution is 7.89. The van der Waals surface area contributed by atoms with Gasteiger partial charge in [0.15, 0.2) is 0 Å². The first-order valence-electron chi connectivity index (χ1n) is 10.2. The van der Waals surface area contributed by atoms with Gasteiger partial charge in [0.1, 0.15) is 0 Å². The minimum atomic E-state index is -3.88. The molecule has 2 aliphatic rings. The first kappa shape index (κ1) is 21.1. The summed E-state index contributed by atoms with van der Waals surface area (Å²) in [6.07, 6.45) is 3.50. The maximum atomic E-state index is 13.3. The Hall–Kier alpha value is -1.64. The van der Waals surface area contributed by atoms with Crippen LogP contribution in [0.25, 0.3) is 0 Å². The molecule has 2 aliphatic heterocycles. The molecule has 2 amide bonds. The van der Waals surface area contributed by atoms with Gasteiger partial charge in [-0.2, -0.15) is 0 Å². The zero-order valence-corrected chi connectivity index (χ0v) is 17.8. The van der Waals surface area contributed by atoms with Gasteiger partial charge in [-0.3, -0.25) is 0 Å². The van der Waals surface area contributed by atoms with Gasteiger partial charge in [-0.1, -0.05) is 24.1 Å². The van der Waals surface area contributed by atoms with Gasteiger partial charge < -0.3 is 14.7 Å². The van der Waals surface area contributed by atoms with Crippen LogP contribution >= 0.6 is 0 Å². The number of benzene rings is 1. The van der Waals surface area contributed by atoms with Gasteiger partial charge in [0.2, 0.25) is 0 Å². The van der Waals surface area contributed by atoms with Crippen LogP contribution in [0, 0.1) is 6.92 Å². The Morgan fingerprint density at radius 1 is 0.964 bits per heavy atom. The normalized spacial score (nSPS) is 19.6. The molecule has 3 rings (SSSR count). The number of hydrogen-bond donors (Lipinski definition) is 0. The van der Waals surface area contributed by atoms with Crippen molar-refractivity contribution in [2.75, 3.05) is 59.4 Å². The van der Waals surface area contributed by atoms with E-state index in [9.17, 15) is 13.2 Å². The third kappa shape index (κ3) is 5.04. The molecule has 0 unspecified atom stereocenters. The van der Waals surface area contributed by atoms with Crippen LogP contribution in [0.4, 0.5) is 4.79 Å². The number of aryl methyl sites for hydroxylation is 1. The van der Waals surface area contributed by atoms with Gasteiger partial charge in [-0.15, -0.1) is 0 Å². The number of likely N-dealkylation sites (tertiary alicyclic amines) is 1. The van der Waals surface area contributed by atoms with Crippen molar-refractivity contribution in [1.82, 2.24) is 19.0 Å². The SMILES string of the molecule is Cc1ccc(S(=O)(=O)N(CCN2CCCCC2)C(=O)N2CCN(C)CC2)cc1. The number of rotatable bonds is 5. The van der Waals surface area contributed by atoms with Crippen LogP contribution < -0.4 is 0 Å². The zero-order chi connectivity index (χ0) is 20.1. The van der Waals surface area contributed by atoms with E-state index in [1.165, 1.54) is 6.42 Å². The summed E-state index contributed by atoms with van der Waals surface area (Å²) in [7, 11) is -1.87. The van der Waals surface area contributed by atoms with Crippen LogP contribution in [-0.2, 0) is 10.0 Å². The highest BCUT2D eigenvalue weighted by Gasteiger charge is 2.34. The molecule has 2 saturated heterocycles. The summed E-state index contributed by atoms with van der Waals surface area (Å²) >= 11 is 0. The van der Waals surface area contributed by atoms with Crippen LogP contribution in [-0.4, -0.2) is 92.9 Å². The standard InChI is InChI=1S/C20H32N4O3S/c1-18-6-8-19(9-7-18)28(26,27)24(17-14-22-10-4-3-5-11-22)20(25)23-15-12-21(2)13-16-23/h6-9H,3-5,10-17H2,1-2H3. The summed E-state index contributed by atoms with van der Waals surface area (Å²) in [6, 6.07) is 6.34. The summed E-state index contributed by atoms with van der Waals surface area (Å²) < 4.78 is 27.7.